The van der Waals surface area contributed by atoms with Gasteiger partial charge >= 0.3 is 0 Å². The number of pyridine rings is 1. The number of amides is 1. The Hall–Kier alpha value is -3.63. The van der Waals surface area contributed by atoms with Crippen LogP contribution in [-0.4, -0.2) is 55.5 Å². The molecule has 0 bridgehead atoms. The van der Waals surface area contributed by atoms with Crippen molar-refractivity contribution in [3.63, 3.8) is 0 Å². The molecule has 1 saturated heterocycles. The molecule has 1 aliphatic heterocycles. The minimum absolute atomic E-state index is 0.0563. The van der Waals surface area contributed by atoms with Crippen LogP contribution in [-0.2, 0) is 18.2 Å². The number of carbonyl (C=O) groups excluding carboxylic acids is 1. The number of halogens is 2. The number of nitrogens with zero attached hydrogens (tertiary/aromatic N) is 4. The van der Waals surface area contributed by atoms with E-state index in [2.05, 4.69) is 15.4 Å². The molecule has 1 amide bonds. The van der Waals surface area contributed by atoms with Gasteiger partial charge in [-0.25, -0.2) is 13.8 Å². The zero-order valence-corrected chi connectivity index (χ0v) is 18.4. The van der Waals surface area contributed by atoms with Gasteiger partial charge in [-0.3, -0.25) is 9.48 Å². The van der Waals surface area contributed by atoms with Crippen molar-refractivity contribution in [3.8, 4) is 11.1 Å². The molecule has 8 nitrogen and oxygen atoms in total. The maximum absolute atomic E-state index is 14.9. The topological polar surface area (TPSA) is 93.7 Å². The Morgan fingerprint density at radius 3 is 2.74 bits per heavy atom. The number of ether oxygens (including phenoxy) is 1. The Kier molecular flexibility index (Phi) is 5.84. The van der Waals surface area contributed by atoms with Gasteiger partial charge in [-0.15, -0.1) is 0 Å². The number of carbonyl (C=O) groups is 1. The summed E-state index contributed by atoms with van der Waals surface area (Å²) in [5.41, 5.74) is 2.12. The van der Waals surface area contributed by atoms with Crippen LogP contribution < -0.4 is 5.32 Å². The van der Waals surface area contributed by atoms with Crippen molar-refractivity contribution in [2.45, 2.75) is 25.0 Å². The van der Waals surface area contributed by atoms with Gasteiger partial charge < -0.3 is 19.6 Å². The van der Waals surface area contributed by atoms with Crippen LogP contribution in [0.1, 0.15) is 27.9 Å². The van der Waals surface area contributed by atoms with E-state index < -0.39 is 29.7 Å². The van der Waals surface area contributed by atoms with Gasteiger partial charge in [-0.2, -0.15) is 5.10 Å². The normalized spacial score (nSPS) is 18.4. The predicted molar refractivity (Wildman–Crippen MR) is 119 cm³/mol. The molecule has 0 spiro atoms. The third-order valence-electron chi connectivity index (χ3n) is 5.99. The van der Waals surface area contributed by atoms with Gasteiger partial charge in [-0.1, -0.05) is 0 Å². The van der Waals surface area contributed by atoms with Crippen LogP contribution in [0, 0.1) is 11.6 Å². The van der Waals surface area contributed by atoms with Gasteiger partial charge in [0.1, 0.15) is 17.3 Å². The van der Waals surface area contributed by atoms with E-state index in [4.69, 9.17) is 4.74 Å². The minimum Gasteiger partial charge on any atom is -0.389 e. The van der Waals surface area contributed by atoms with E-state index in [1.54, 1.807) is 53.2 Å². The molecule has 1 aromatic carbocycles. The number of imidazole rings is 1. The number of aryl methyl sites for hydroxylation is 1. The predicted octanol–water partition coefficient (Wildman–Crippen LogP) is 2.48. The second-order valence-electron chi connectivity index (χ2n) is 8.43. The average molecular weight is 467 g/mol. The lowest BCUT2D eigenvalue weighted by molar-refractivity contribution is -0.0260. The van der Waals surface area contributed by atoms with Crippen molar-refractivity contribution < 1.29 is 23.4 Å². The number of hydrogen-bond donors (Lipinski definition) is 2. The van der Waals surface area contributed by atoms with Gasteiger partial charge in [0.15, 0.2) is 0 Å². The van der Waals surface area contributed by atoms with E-state index in [1.165, 1.54) is 12.1 Å². The summed E-state index contributed by atoms with van der Waals surface area (Å²) in [5, 5.41) is 17.0. The molecule has 34 heavy (non-hydrogen) atoms. The number of aliphatic hydroxyl groups excluding tert-OH is 1. The maximum Gasteiger partial charge on any atom is 0.255 e. The molecule has 10 heteroatoms. The number of hydrogen-bond acceptors (Lipinski definition) is 5. The molecule has 2 N–H and O–H groups in total. The van der Waals surface area contributed by atoms with E-state index in [-0.39, 0.29) is 24.2 Å². The monoisotopic (exact) mass is 467 g/mol. The highest BCUT2D eigenvalue weighted by Gasteiger charge is 2.27. The standard InChI is InChI=1S/C24H23F2N5O3/c1-30-12-16(10-28-30)15-8-19(25)17(20(26)9-15)6-14-7-18(23-27-3-4-31(23)11-14)24(33)29-21-2-5-34-13-22(21)32/h3-4,7-12,21-22,32H,2,5-6,13H2,1H3,(H,29,33)/t21-,22-/m0/s1. The molecule has 4 aromatic rings. The lowest BCUT2D eigenvalue weighted by Crippen LogP contribution is -2.48. The Morgan fingerprint density at radius 2 is 2.03 bits per heavy atom. The molecular weight excluding hydrogens is 444 g/mol. The Balaban J connectivity index is 1.45. The minimum atomic E-state index is -0.807. The molecule has 176 valence electrons. The Morgan fingerprint density at radius 1 is 1.24 bits per heavy atom. The van der Waals surface area contributed by atoms with Crippen LogP contribution in [0.4, 0.5) is 8.78 Å². The lowest BCUT2D eigenvalue weighted by Gasteiger charge is -2.28. The molecule has 5 rings (SSSR count). The highest BCUT2D eigenvalue weighted by atomic mass is 19.1. The molecule has 1 fully saturated rings. The largest absolute Gasteiger partial charge is 0.389 e. The zero-order chi connectivity index (χ0) is 23.8. The van der Waals surface area contributed by atoms with Crippen molar-refractivity contribution >= 4 is 11.6 Å². The van der Waals surface area contributed by atoms with E-state index in [0.29, 0.717) is 35.4 Å². The quantitative estimate of drug-likeness (QED) is 0.471. The zero-order valence-electron chi connectivity index (χ0n) is 18.4. The maximum atomic E-state index is 14.9. The van der Waals surface area contributed by atoms with Crippen LogP contribution >= 0.6 is 0 Å². The smallest absolute Gasteiger partial charge is 0.255 e. The summed E-state index contributed by atoms with van der Waals surface area (Å²) in [6, 6.07) is 3.70. The van der Waals surface area contributed by atoms with E-state index in [1.807, 2.05) is 0 Å². The summed E-state index contributed by atoms with van der Waals surface area (Å²) in [7, 11) is 1.73. The fourth-order valence-electron chi connectivity index (χ4n) is 4.21. The van der Waals surface area contributed by atoms with Crippen molar-refractivity contribution in [2.24, 2.45) is 7.05 Å². The fraction of sp³-hybridized carbons (Fsp3) is 0.292. The SMILES string of the molecule is Cn1cc(-c2cc(F)c(Cc3cc(C(=O)N[C@H]4CCOC[C@@H]4O)c4nccn4c3)c(F)c2)cn1. The van der Waals surface area contributed by atoms with Gasteiger partial charge in [0, 0.05) is 56.0 Å². The lowest BCUT2D eigenvalue weighted by atomic mass is 10.00. The first-order chi connectivity index (χ1) is 16.4. The van der Waals surface area contributed by atoms with E-state index in [0.717, 1.165) is 0 Å². The van der Waals surface area contributed by atoms with Crippen LogP contribution in [0.15, 0.2) is 49.2 Å². The summed E-state index contributed by atoms with van der Waals surface area (Å²) in [4.78, 5) is 17.3. The van der Waals surface area contributed by atoms with Crippen molar-refractivity contribution in [1.29, 1.82) is 0 Å². The second kappa shape index (κ2) is 8.96. The highest BCUT2D eigenvalue weighted by Crippen LogP contribution is 2.26. The van der Waals surface area contributed by atoms with Gasteiger partial charge in [0.05, 0.1) is 30.5 Å². The third kappa shape index (κ3) is 4.29. The first-order valence-corrected chi connectivity index (χ1v) is 10.9. The average Bonchev–Trinajstić information content (AvgIpc) is 3.46. The summed E-state index contributed by atoms with van der Waals surface area (Å²) in [6.07, 6.45) is 7.74. The van der Waals surface area contributed by atoms with Crippen molar-refractivity contribution in [1.82, 2.24) is 24.5 Å². The van der Waals surface area contributed by atoms with E-state index in [9.17, 15) is 18.7 Å². The van der Waals surface area contributed by atoms with Crippen LogP contribution in [0.5, 0.6) is 0 Å². The summed E-state index contributed by atoms with van der Waals surface area (Å²) in [6.45, 7) is 0.589. The highest BCUT2D eigenvalue weighted by molar-refractivity contribution is 6.00. The van der Waals surface area contributed by atoms with E-state index >= 15 is 0 Å². The molecule has 2 atom stereocenters. The number of nitrogens with one attached hydrogen (secondary N) is 1. The van der Waals surface area contributed by atoms with Crippen molar-refractivity contribution in [2.75, 3.05) is 13.2 Å². The second-order valence-corrected chi connectivity index (χ2v) is 8.43. The number of benzene rings is 1. The third-order valence-corrected chi connectivity index (χ3v) is 5.99. The first kappa shape index (κ1) is 22.2. The van der Waals surface area contributed by atoms with Crippen LogP contribution in [0.25, 0.3) is 16.8 Å². The first-order valence-electron chi connectivity index (χ1n) is 10.9. The van der Waals surface area contributed by atoms with Gasteiger partial charge in [-0.05, 0) is 35.7 Å². The van der Waals surface area contributed by atoms with Gasteiger partial charge in [0.2, 0.25) is 0 Å². The number of rotatable bonds is 5. The molecule has 3 aromatic heterocycles. The number of aliphatic hydroxyl groups is 1. The number of fused-ring (bicyclic) bond motifs is 1. The summed E-state index contributed by atoms with van der Waals surface area (Å²) >= 11 is 0. The summed E-state index contributed by atoms with van der Waals surface area (Å²) < 4.78 is 38.3. The van der Waals surface area contributed by atoms with Crippen LogP contribution in [0.2, 0.25) is 0 Å². The fourth-order valence-corrected chi connectivity index (χ4v) is 4.21. The molecule has 4 heterocycles. The molecular formula is C24H23F2N5O3. The van der Waals surface area contributed by atoms with Crippen molar-refractivity contribution in [3.05, 3.63) is 77.5 Å². The molecule has 0 aliphatic carbocycles. The molecule has 1 aliphatic rings. The molecule has 0 unspecified atom stereocenters. The van der Waals surface area contributed by atoms with Crippen LogP contribution in [0.3, 0.4) is 0 Å². The number of aromatic nitrogens is 4. The molecule has 0 radical (unpaired) electrons. The van der Waals surface area contributed by atoms with Gasteiger partial charge in [0.25, 0.3) is 5.91 Å². The molecule has 0 saturated carbocycles. The summed E-state index contributed by atoms with van der Waals surface area (Å²) in [5.74, 6) is -1.78. The Bertz CT molecular complexity index is 1340. The Labute approximate surface area is 193 Å².